The molecule has 4 nitrogen and oxygen atoms in total. The molecule has 2 amide bonds. The van der Waals surface area contributed by atoms with E-state index in [0.29, 0.717) is 41.7 Å². The minimum Gasteiger partial charge on any atom is -0.338 e. The highest BCUT2D eigenvalue weighted by Crippen LogP contribution is 2.48. The number of amides is 2. The molecule has 1 fully saturated rings. The fraction of sp³-hybridized carbons (Fsp3) is 0.300. The molecule has 0 atom stereocenters. The van der Waals surface area contributed by atoms with Crippen molar-refractivity contribution < 1.29 is 9.59 Å². The molecule has 1 aliphatic carbocycles. The molecular formula is C20H20Cl2N2O2. The van der Waals surface area contributed by atoms with Crippen molar-refractivity contribution >= 4 is 40.7 Å². The van der Waals surface area contributed by atoms with Gasteiger partial charge in [-0.2, -0.15) is 0 Å². The number of hydrogen-bond acceptors (Lipinski definition) is 2. The van der Waals surface area contributed by atoms with E-state index >= 15 is 0 Å². The van der Waals surface area contributed by atoms with Gasteiger partial charge in [-0.25, -0.2) is 0 Å². The summed E-state index contributed by atoms with van der Waals surface area (Å²) in [6, 6.07) is 14.6. The molecule has 0 unspecified atom stereocenters. The molecule has 0 saturated heterocycles. The molecule has 1 saturated carbocycles. The first-order valence-corrected chi connectivity index (χ1v) is 9.31. The molecular weight excluding hydrogens is 371 g/mol. The van der Waals surface area contributed by atoms with E-state index < -0.39 is 5.41 Å². The van der Waals surface area contributed by atoms with E-state index in [1.165, 1.54) is 0 Å². The molecule has 0 bridgehead atoms. The largest absolute Gasteiger partial charge is 0.338 e. The van der Waals surface area contributed by atoms with Gasteiger partial charge < -0.3 is 10.2 Å². The first-order valence-electron chi connectivity index (χ1n) is 8.56. The Hall–Kier alpha value is -2.04. The highest BCUT2D eigenvalue weighted by atomic mass is 35.5. The number of benzene rings is 2. The van der Waals surface area contributed by atoms with Crippen molar-refractivity contribution in [3.63, 3.8) is 0 Å². The van der Waals surface area contributed by atoms with Crippen LogP contribution in [0.2, 0.25) is 10.0 Å². The molecule has 26 heavy (non-hydrogen) atoms. The summed E-state index contributed by atoms with van der Waals surface area (Å²) in [5.41, 5.74) is 0.460. The Labute approximate surface area is 163 Å². The molecule has 3 rings (SSSR count). The maximum absolute atomic E-state index is 13.1. The summed E-state index contributed by atoms with van der Waals surface area (Å²) in [7, 11) is 0. The lowest BCUT2D eigenvalue weighted by Gasteiger charge is -2.26. The lowest BCUT2D eigenvalue weighted by Crippen LogP contribution is -2.42. The number of halogens is 2. The topological polar surface area (TPSA) is 49.4 Å². The lowest BCUT2D eigenvalue weighted by molar-refractivity contribution is -0.142. The van der Waals surface area contributed by atoms with Crippen molar-refractivity contribution in [2.75, 3.05) is 11.9 Å². The van der Waals surface area contributed by atoms with E-state index in [0.717, 1.165) is 5.56 Å². The number of nitrogens with one attached hydrogen (secondary N) is 1. The monoisotopic (exact) mass is 390 g/mol. The molecule has 0 heterocycles. The van der Waals surface area contributed by atoms with Crippen molar-refractivity contribution in [2.24, 2.45) is 5.41 Å². The molecule has 0 aliphatic heterocycles. The SMILES string of the molecule is CCN(Cc1ccccc1)C(=O)C1(C(=O)Nc2cc(Cl)ccc2Cl)CC1. The smallest absolute Gasteiger partial charge is 0.240 e. The van der Waals surface area contributed by atoms with E-state index in [2.05, 4.69) is 5.32 Å². The Morgan fingerprint density at radius 1 is 1.12 bits per heavy atom. The van der Waals surface area contributed by atoms with E-state index in [4.69, 9.17) is 23.2 Å². The zero-order valence-corrected chi connectivity index (χ0v) is 16.0. The van der Waals surface area contributed by atoms with Gasteiger partial charge in [-0.1, -0.05) is 53.5 Å². The molecule has 0 spiro atoms. The predicted molar refractivity (Wildman–Crippen MR) is 104 cm³/mol. The maximum Gasteiger partial charge on any atom is 0.240 e. The maximum atomic E-state index is 13.1. The summed E-state index contributed by atoms with van der Waals surface area (Å²) in [5.74, 6) is -0.460. The summed E-state index contributed by atoms with van der Waals surface area (Å²) in [5, 5.41) is 3.64. The molecule has 2 aromatic carbocycles. The fourth-order valence-electron chi connectivity index (χ4n) is 2.93. The van der Waals surface area contributed by atoms with Crippen LogP contribution in [0, 0.1) is 5.41 Å². The second kappa shape index (κ2) is 7.68. The normalized spacial score (nSPS) is 14.6. The zero-order valence-electron chi connectivity index (χ0n) is 14.5. The fourth-order valence-corrected chi connectivity index (χ4v) is 3.27. The molecule has 1 aliphatic rings. The summed E-state index contributed by atoms with van der Waals surface area (Å²) in [4.78, 5) is 27.6. The second-order valence-corrected chi connectivity index (χ2v) is 7.31. The Morgan fingerprint density at radius 2 is 1.81 bits per heavy atom. The molecule has 1 N–H and O–H groups in total. The summed E-state index contributed by atoms with van der Waals surface area (Å²) in [6.07, 6.45) is 1.09. The highest BCUT2D eigenvalue weighted by Gasteiger charge is 2.57. The van der Waals surface area contributed by atoms with Crippen LogP contribution in [0.1, 0.15) is 25.3 Å². The van der Waals surface area contributed by atoms with Crippen molar-refractivity contribution in [1.82, 2.24) is 4.90 Å². The highest BCUT2D eigenvalue weighted by molar-refractivity contribution is 6.36. The van der Waals surface area contributed by atoms with E-state index in [1.54, 1.807) is 23.1 Å². The number of hydrogen-bond donors (Lipinski definition) is 1. The van der Waals surface area contributed by atoms with Crippen molar-refractivity contribution in [3.8, 4) is 0 Å². The molecule has 0 aromatic heterocycles. The average molecular weight is 391 g/mol. The standard InChI is InChI=1S/C20H20Cl2N2O2/c1-2-24(13-14-6-4-3-5-7-14)19(26)20(10-11-20)18(25)23-17-12-15(21)8-9-16(17)22/h3-9,12H,2,10-11,13H2,1H3,(H,23,25). The van der Waals surface area contributed by atoms with Crippen LogP contribution in [0.15, 0.2) is 48.5 Å². The van der Waals surface area contributed by atoms with Gasteiger partial charge >= 0.3 is 0 Å². The van der Waals surface area contributed by atoms with Crippen LogP contribution in [0.25, 0.3) is 0 Å². The third-order valence-corrected chi connectivity index (χ3v) is 5.22. The van der Waals surface area contributed by atoms with Crippen LogP contribution in [0.5, 0.6) is 0 Å². The van der Waals surface area contributed by atoms with Crippen LogP contribution in [-0.4, -0.2) is 23.3 Å². The van der Waals surface area contributed by atoms with Gasteiger partial charge in [0.05, 0.1) is 10.7 Å². The van der Waals surface area contributed by atoms with Crippen molar-refractivity contribution in [2.45, 2.75) is 26.3 Å². The first-order chi connectivity index (χ1) is 12.5. The van der Waals surface area contributed by atoms with Crippen molar-refractivity contribution in [3.05, 3.63) is 64.1 Å². The molecule has 6 heteroatoms. The van der Waals surface area contributed by atoms with Crippen molar-refractivity contribution in [1.29, 1.82) is 0 Å². The Kier molecular flexibility index (Phi) is 5.54. The zero-order chi connectivity index (χ0) is 18.7. The number of carbonyl (C=O) groups is 2. The van der Waals surface area contributed by atoms with Gasteiger partial charge in [0.2, 0.25) is 11.8 Å². The third-order valence-electron chi connectivity index (χ3n) is 4.66. The van der Waals surface area contributed by atoms with Crippen LogP contribution >= 0.6 is 23.2 Å². The minimum absolute atomic E-state index is 0.139. The van der Waals surface area contributed by atoms with Gasteiger partial charge in [0.1, 0.15) is 5.41 Å². The Balaban J connectivity index is 1.75. The van der Waals surface area contributed by atoms with Gasteiger partial charge in [0.25, 0.3) is 0 Å². The average Bonchev–Trinajstić information content (AvgIpc) is 3.45. The van der Waals surface area contributed by atoms with E-state index in [1.807, 2.05) is 37.3 Å². The molecule has 0 radical (unpaired) electrons. The predicted octanol–water partition coefficient (Wildman–Crippen LogP) is 4.76. The van der Waals surface area contributed by atoms with Crippen LogP contribution in [0.3, 0.4) is 0 Å². The van der Waals surface area contributed by atoms with E-state index in [9.17, 15) is 9.59 Å². The molecule has 136 valence electrons. The van der Waals surface area contributed by atoms with Crippen LogP contribution in [-0.2, 0) is 16.1 Å². The minimum atomic E-state index is -1.00. The quantitative estimate of drug-likeness (QED) is 0.722. The van der Waals surface area contributed by atoms with Gasteiger partial charge in [-0.05, 0) is 43.5 Å². The number of carbonyl (C=O) groups excluding carboxylic acids is 2. The number of rotatable bonds is 6. The number of anilines is 1. The van der Waals surface area contributed by atoms with Crippen LogP contribution in [0.4, 0.5) is 5.69 Å². The van der Waals surface area contributed by atoms with Gasteiger partial charge in [-0.3, -0.25) is 9.59 Å². The summed E-state index contributed by atoms with van der Waals surface area (Å²) < 4.78 is 0. The van der Waals surface area contributed by atoms with Gasteiger partial charge in [0, 0.05) is 18.1 Å². The van der Waals surface area contributed by atoms with Crippen LogP contribution < -0.4 is 5.32 Å². The first kappa shape index (κ1) is 18.7. The second-order valence-electron chi connectivity index (χ2n) is 6.47. The Bertz CT molecular complexity index is 820. The Morgan fingerprint density at radius 3 is 2.42 bits per heavy atom. The van der Waals surface area contributed by atoms with E-state index in [-0.39, 0.29) is 11.8 Å². The van der Waals surface area contributed by atoms with Gasteiger partial charge in [-0.15, -0.1) is 0 Å². The summed E-state index contributed by atoms with van der Waals surface area (Å²) >= 11 is 12.1. The molecule has 2 aromatic rings. The third kappa shape index (κ3) is 3.87. The number of nitrogens with zero attached hydrogens (tertiary/aromatic N) is 1. The lowest BCUT2D eigenvalue weighted by atomic mass is 10.0. The van der Waals surface area contributed by atoms with Gasteiger partial charge in [0.15, 0.2) is 0 Å². The summed E-state index contributed by atoms with van der Waals surface area (Å²) in [6.45, 7) is 2.95.